The largest absolute Gasteiger partial charge is 0.481 e. The highest BCUT2D eigenvalue weighted by atomic mass is 16.5. The number of hydrogen-bond donors (Lipinski definition) is 2. The van der Waals surface area contributed by atoms with Crippen LogP contribution >= 0.6 is 0 Å². The highest BCUT2D eigenvalue weighted by Crippen LogP contribution is 2.28. The lowest BCUT2D eigenvalue weighted by Crippen LogP contribution is -2.40. The Labute approximate surface area is 141 Å². The van der Waals surface area contributed by atoms with Crippen molar-refractivity contribution >= 4 is 11.9 Å². The van der Waals surface area contributed by atoms with Gasteiger partial charge in [0, 0.05) is 24.9 Å². The summed E-state index contributed by atoms with van der Waals surface area (Å²) in [5, 5.41) is 16.8. The maximum absolute atomic E-state index is 12.7. The SMILES string of the molecule is Cc1nn(C2CCOCC2)c(C)c1C(=O)N[C@@H]1CCC[C@@H]1C(=O)O. The molecule has 1 aliphatic heterocycles. The number of hydrogen-bond acceptors (Lipinski definition) is 4. The van der Waals surface area contributed by atoms with Crippen LogP contribution in [-0.2, 0) is 9.53 Å². The van der Waals surface area contributed by atoms with Crippen LogP contribution < -0.4 is 5.32 Å². The van der Waals surface area contributed by atoms with Crippen molar-refractivity contribution in [3.8, 4) is 0 Å². The van der Waals surface area contributed by atoms with Crippen LogP contribution in [0.4, 0.5) is 0 Å². The first-order chi connectivity index (χ1) is 11.5. The zero-order valence-corrected chi connectivity index (χ0v) is 14.2. The molecule has 1 aliphatic carbocycles. The van der Waals surface area contributed by atoms with Gasteiger partial charge in [-0.15, -0.1) is 0 Å². The Hall–Kier alpha value is -1.89. The van der Waals surface area contributed by atoms with Gasteiger partial charge in [0.25, 0.3) is 5.91 Å². The van der Waals surface area contributed by atoms with Crippen molar-refractivity contribution < 1.29 is 19.4 Å². The van der Waals surface area contributed by atoms with Gasteiger partial charge < -0.3 is 15.2 Å². The van der Waals surface area contributed by atoms with Crippen molar-refractivity contribution in [1.82, 2.24) is 15.1 Å². The quantitative estimate of drug-likeness (QED) is 0.875. The molecular formula is C17H25N3O4. The molecule has 7 heteroatoms. The highest BCUT2D eigenvalue weighted by Gasteiger charge is 2.35. The Bertz CT molecular complexity index is 634. The van der Waals surface area contributed by atoms with Gasteiger partial charge in [-0.05, 0) is 39.5 Å². The van der Waals surface area contributed by atoms with E-state index in [0.29, 0.717) is 30.9 Å². The molecule has 1 amide bonds. The number of aryl methyl sites for hydroxylation is 1. The fourth-order valence-corrected chi connectivity index (χ4v) is 3.95. The van der Waals surface area contributed by atoms with Gasteiger partial charge in [0.05, 0.1) is 23.2 Å². The monoisotopic (exact) mass is 335 g/mol. The second-order valence-electron chi connectivity index (χ2n) is 6.79. The first-order valence-electron chi connectivity index (χ1n) is 8.66. The van der Waals surface area contributed by atoms with Gasteiger partial charge in [0.1, 0.15) is 0 Å². The van der Waals surface area contributed by atoms with Crippen LogP contribution in [0, 0.1) is 19.8 Å². The number of nitrogens with zero attached hydrogens (tertiary/aromatic N) is 2. The molecule has 0 radical (unpaired) electrons. The van der Waals surface area contributed by atoms with Gasteiger partial charge in [-0.1, -0.05) is 6.42 Å². The second-order valence-corrected chi connectivity index (χ2v) is 6.79. The van der Waals surface area contributed by atoms with Crippen LogP contribution in [0.1, 0.15) is 59.9 Å². The molecule has 132 valence electrons. The second kappa shape index (κ2) is 6.93. The zero-order valence-electron chi connectivity index (χ0n) is 14.2. The van der Waals surface area contributed by atoms with Crippen molar-refractivity contribution in [2.45, 2.75) is 58.0 Å². The number of carboxylic acids is 1. The minimum absolute atomic E-state index is 0.207. The van der Waals surface area contributed by atoms with Gasteiger partial charge in [-0.25, -0.2) is 0 Å². The number of aliphatic carboxylic acids is 1. The standard InChI is InChI=1S/C17H25N3O4/c1-10-15(11(2)20(19-10)12-6-8-24-9-7-12)16(21)18-14-5-3-4-13(14)17(22)23/h12-14H,3-9H2,1-2H3,(H,18,21)(H,22,23)/t13-,14+/m0/s1. The van der Waals surface area contributed by atoms with Crippen LogP contribution in [0.5, 0.6) is 0 Å². The number of amides is 1. The third-order valence-corrected chi connectivity index (χ3v) is 5.24. The number of carboxylic acid groups (broad SMARTS) is 1. The molecule has 24 heavy (non-hydrogen) atoms. The third-order valence-electron chi connectivity index (χ3n) is 5.24. The average molecular weight is 335 g/mol. The highest BCUT2D eigenvalue weighted by molar-refractivity contribution is 5.96. The summed E-state index contributed by atoms with van der Waals surface area (Å²) in [6.07, 6.45) is 3.97. The van der Waals surface area contributed by atoms with Crippen molar-refractivity contribution in [3.05, 3.63) is 17.0 Å². The molecule has 2 fully saturated rings. The van der Waals surface area contributed by atoms with Gasteiger partial charge >= 0.3 is 5.97 Å². The Balaban J connectivity index is 1.77. The molecule has 1 saturated heterocycles. The maximum atomic E-state index is 12.7. The number of carbonyl (C=O) groups is 2. The molecule has 1 aromatic rings. The Morgan fingerprint density at radius 2 is 1.92 bits per heavy atom. The van der Waals surface area contributed by atoms with E-state index in [0.717, 1.165) is 31.4 Å². The van der Waals surface area contributed by atoms with Crippen LogP contribution in [0.3, 0.4) is 0 Å². The summed E-state index contributed by atoms with van der Waals surface area (Å²) in [7, 11) is 0. The minimum atomic E-state index is -0.829. The lowest BCUT2D eigenvalue weighted by atomic mass is 10.0. The Morgan fingerprint density at radius 3 is 2.58 bits per heavy atom. The smallest absolute Gasteiger partial charge is 0.308 e. The summed E-state index contributed by atoms with van der Waals surface area (Å²) in [6.45, 7) is 5.18. The summed E-state index contributed by atoms with van der Waals surface area (Å²) in [5.41, 5.74) is 2.13. The average Bonchev–Trinajstić information content (AvgIpc) is 3.12. The molecule has 2 heterocycles. The first-order valence-corrected chi connectivity index (χ1v) is 8.66. The van der Waals surface area contributed by atoms with E-state index in [2.05, 4.69) is 10.4 Å². The number of carbonyl (C=O) groups excluding carboxylic acids is 1. The lowest BCUT2D eigenvalue weighted by Gasteiger charge is -2.23. The molecule has 3 rings (SSSR count). The molecule has 1 aromatic heterocycles. The summed E-state index contributed by atoms with van der Waals surface area (Å²) in [4.78, 5) is 24.0. The van der Waals surface area contributed by atoms with Crippen molar-refractivity contribution in [1.29, 1.82) is 0 Å². The molecule has 0 unspecified atom stereocenters. The van der Waals surface area contributed by atoms with Crippen LogP contribution in [0.15, 0.2) is 0 Å². The fourth-order valence-electron chi connectivity index (χ4n) is 3.95. The summed E-state index contributed by atoms with van der Waals surface area (Å²) in [5.74, 6) is -1.52. The molecule has 0 bridgehead atoms. The van der Waals surface area contributed by atoms with E-state index in [4.69, 9.17) is 4.74 Å². The number of nitrogens with one attached hydrogen (secondary N) is 1. The Kier molecular flexibility index (Phi) is 4.89. The molecule has 1 saturated carbocycles. The van der Waals surface area contributed by atoms with Gasteiger partial charge in [0.15, 0.2) is 0 Å². The van der Waals surface area contributed by atoms with E-state index in [9.17, 15) is 14.7 Å². The van der Waals surface area contributed by atoms with Gasteiger partial charge in [-0.2, -0.15) is 5.10 Å². The third kappa shape index (κ3) is 3.17. The fraction of sp³-hybridized carbons (Fsp3) is 0.706. The summed E-state index contributed by atoms with van der Waals surface area (Å²) in [6, 6.07) is -0.0301. The van der Waals surface area contributed by atoms with Crippen LogP contribution in [-0.4, -0.2) is 46.0 Å². The van der Waals surface area contributed by atoms with E-state index in [1.165, 1.54) is 0 Å². The molecule has 2 N–H and O–H groups in total. The van der Waals surface area contributed by atoms with Gasteiger partial charge in [0.2, 0.25) is 0 Å². The number of ether oxygens (including phenoxy) is 1. The topological polar surface area (TPSA) is 93.5 Å². The molecule has 0 spiro atoms. The first kappa shape index (κ1) is 17.0. The van der Waals surface area contributed by atoms with Crippen LogP contribution in [0.2, 0.25) is 0 Å². The minimum Gasteiger partial charge on any atom is -0.481 e. The van der Waals surface area contributed by atoms with E-state index < -0.39 is 11.9 Å². The summed E-state index contributed by atoms with van der Waals surface area (Å²) < 4.78 is 7.33. The molecule has 2 atom stereocenters. The number of aromatic nitrogens is 2. The Morgan fingerprint density at radius 1 is 1.21 bits per heavy atom. The normalized spacial score (nSPS) is 24.9. The molecule has 2 aliphatic rings. The van der Waals surface area contributed by atoms with Crippen molar-refractivity contribution in [2.75, 3.05) is 13.2 Å². The number of rotatable bonds is 4. The molecular weight excluding hydrogens is 310 g/mol. The zero-order chi connectivity index (χ0) is 17.3. The molecule has 0 aromatic carbocycles. The van der Waals surface area contributed by atoms with Crippen molar-refractivity contribution in [2.24, 2.45) is 5.92 Å². The predicted octanol–water partition coefficient (Wildman–Crippen LogP) is 1.83. The van der Waals surface area contributed by atoms with Crippen molar-refractivity contribution in [3.63, 3.8) is 0 Å². The molecule has 7 nitrogen and oxygen atoms in total. The van der Waals surface area contributed by atoms with E-state index in [1.807, 2.05) is 18.5 Å². The van der Waals surface area contributed by atoms with E-state index >= 15 is 0 Å². The maximum Gasteiger partial charge on any atom is 0.308 e. The summed E-state index contributed by atoms with van der Waals surface area (Å²) >= 11 is 0. The van der Waals surface area contributed by atoms with E-state index in [1.54, 1.807) is 0 Å². The van der Waals surface area contributed by atoms with Crippen LogP contribution in [0.25, 0.3) is 0 Å². The van der Waals surface area contributed by atoms with E-state index in [-0.39, 0.29) is 18.0 Å². The lowest BCUT2D eigenvalue weighted by molar-refractivity contribution is -0.142. The van der Waals surface area contributed by atoms with Gasteiger partial charge in [-0.3, -0.25) is 14.3 Å². The predicted molar refractivity (Wildman–Crippen MR) is 87.0 cm³/mol.